The van der Waals surface area contributed by atoms with Crippen molar-refractivity contribution in [2.24, 2.45) is 0 Å². The summed E-state index contributed by atoms with van der Waals surface area (Å²) < 4.78 is 7.13. The second-order valence-corrected chi connectivity index (χ2v) is 5.68. The van der Waals surface area contributed by atoms with E-state index in [-0.39, 0.29) is 11.8 Å². The number of quaternary nitrogens is 1. The SMILES string of the molecule is C[C@H]1[C@H](c2ccccc2)OC(C)(C)[N+]1(C)C. The minimum absolute atomic E-state index is 0.125. The predicted octanol–water partition coefficient (Wildman–Crippen LogP) is 2.96. The van der Waals surface area contributed by atoms with Crippen molar-refractivity contribution in [3.05, 3.63) is 35.9 Å². The third-order valence-electron chi connectivity index (χ3n) is 4.39. The predicted molar refractivity (Wildman–Crippen MR) is 65.9 cm³/mol. The molecule has 0 unspecified atom stereocenters. The van der Waals surface area contributed by atoms with Gasteiger partial charge in [-0.05, 0) is 12.5 Å². The number of hydrogen-bond acceptors (Lipinski definition) is 1. The Kier molecular flexibility index (Phi) is 2.59. The molecule has 1 aliphatic rings. The zero-order valence-electron chi connectivity index (χ0n) is 10.9. The Hall–Kier alpha value is -0.860. The van der Waals surface area contributed by atoms with Gasteiger partial charge in [0.1, 0.15) is 12.1 Å². The van der Waals surface area contributed by atoms with Crippen LogP contribution in [0, 0.1) is 0 Å². The molecule has 0 amide bonds. The van der Waals surface area contributed by atoms with Gasteiger partial charge < -0.3 is 4.74 Å². The highest BCUT2D eigenvalue weighted by Crippen LogP contribution is 2.43. The molecule has 1 aromatic rings. The number of benzene rings is 1. The molecule has 0 radical (unpaired) electrons. The minimum Gasteiger partial charge on any atom is -0.313 e. The molecule has 0 aromatic heterocycles. The van der Waals surface area contributed by atoms with Gasteiger partial charge in [-0.3, -0.25) is 4.48 Å². The molecule has 1 aliphatic heterocycles. The van der Waals surface area contributed by atoms with E-state index in [1.54, 1.807) is 0 Å². The number of rotatable bonds is 1. The lowest BCUT2D eigenvalue weighted by atomic mass is 10.0. The van der Waals surface area contributed by atoms with Gasteiger partial charge in [-0.1, -0.05) is 30.3 Å². The van der Waals surface area contributed by atoms with E-state index < -0.39 is 0 Å². The quantitative estimate of drug-likeness (QED) is 0.661. The molecule has 88 valence electrons. The lowest BCUT2D eigenvalue weighted by Gasteiger charge is -2.39. The molecular formula is C14H22NO+. The Labute approximate surface area is 98.4 Å². The average molecular weight is 220 g/mol. The topological polar surface area (TPSA) is 9.23 Å². The van der Waals surface area contributed by atoms with Crippen molar-refractivity contribution in [3.63, 3.8) is 0 Å². The maximum Gasteiger partial charge on any atom is 0.198 e. The number of ether oxygens (including phenoxy) is 1. The van der Waals surface area contributed by atoms with Crippen molar-refractivity contribution >= 4 is 0 Å². The van der Waals surface area contributed by atoms with Gasteiger partial charge in [-0.25, -0.2) is 0 Å². The zero-order valence-corrected chi connectivity index (χ0v) is 10.9. The van der Waals surface area contributed by atoms with Crippen LogP contribution < -0.4 is 0 Å². The van der Waals surface area contributed by atoms with Crippen LogP contribution in [-0.2, 0) is 4.74 Å². The first-order chi connectivity index (χ1) is 7.36. The van der Waals surface area contributed by atoms with Gasteiger partial charge in [0.25, 0.3) is 0 Å². The van der Waals surface area contributed by atoms with Gasteiger partial charge >= 0.3 is 0 Å². The fourth-order valence-corrected chi connectivity index (χ4v) is 2.36. The first-order valence-corrected chi connectivity index (χ1v) is 5.93. The Morgan fingerprint density at radius 1 is 1.12 bits per heavy atom. The molecule has 0 aliphatic carbocycles. The summed E-state index contributed by atoms with van der Waals surface area (Å²) in [5.74, 6) is 0. The van der Waals surface area contributed by atoms with Crippen LogP contribution in [0.15, 0.2) is 30.3 Å². The Morgan fingerprint density at radius 2 is 1.69 bits per heavy atom. The van der Waals surface area contributed by atoms with Crippen molar-refractivity contribution in [2.75, 3.05) is 14.1 Å². The van der Waals surface area contributed by atoms with Crippen LogP contribution in [0.5, 0.6) is 0 Å². The second-order valence-electron chi connectivity index (χ2n) is 5.68. The van der Waals surface area contributed by atoms with Gasteiger partial charge in [0.15, 0.2) is 5.72 Å². The van der Waals surface area contributed by atoms with Gasteiger partial charge in [0, 0.05) is 13.8 Å². The van der Waals surface area contributed by atoms with E-state index in [4.69, 9.17) is 4.74 Å². The van der Waals surface area contributed by atoms with E-state index in [2.05, 4.69) is 59.1 Å². The summed E-state index contributed by atoms with van der Waals surface area (Å²) in [5.41, 5.74) is 1.16. The third-order valence-corrected chi connectivity index (χ3v) is 4.39. The van der Waals surface area contributed by atoms with Crippen LogP contribution >= 0.6 is 0 Å². The Bertz CT molecular complexity index is 370. The van der Waals surface area contributed by atoms with Crippen LogP contribution in [-0.4, -0.2) is 30.3 Å². The van der Waals surface area contributed by atoms with Crippen LogP contribution in [0.2, 0.25) is 0 Å². The molecule has 16 heavy (non-hydrogen) atoms. The average Bonchev–Trinajstić information content (AvgIpc) is 2.40. The van der Waals surface area contributed by atoms with E-state index in [0.717, 1.165) is 4.48 Å². The number of hydrogen-bond donors (Lipinski definition) is 0. The van der Waals surface area contributed by atoms with Crippen molar-refractivity contribution in [2.45, 2.75) is 38.6 Å². The summed E-state index contributed by atoms with van der Waals surface area (Å²) in [6.45, 7) is 6.62. The van der Waals surface area contributed by atoms with Gasteiger partial charge in [0.2, 0.25) is 0 Å². The molecule has 2 heteroatoms. The van der Waals surface area contributed by atoms with E-state index in [9.17, 15) is 0 Å². The summed E-state index contributed by atoms with van der Waals surface area (Å²) in [5, 5.41) is 0. The van der Waals surface area contributed by atoms with Crippen LogP contribution in [0.25, 0.3) is 0 Å². The van der Waals surface area contributed by atoms with Crippen LogP contribution in [0.1, 0.15) is 32.4 Å². The molecule has 2 rings (SSSR count). The lowest BCUT2D eigenvalue weighted by molar-refractivity contribution is -0.958. The number of nitrogens with zero attached hydrogens (tertiary/aromatic N) is 1. The Balaban J connectivity index is 2.35. The maximum absolute atomic E-state index is 6.23. The molecule has 2 nitrogen and oxygen atoms in total. The number of likely N-dealkylation sites (N-methyl/N-ethyl adjacent to an activating group) is 1. The van der Waals surface area contributed by atoms with Gasteiger partial charge in [0.05, 0.1) is 14.1 Å². The normalized spacial score (nSPS) is 31.6. The van der Waals surface area contributed by atoms with E-state index in [1.165, 1.54) is 5.56 Å². The molecule has 0 spiro atoms. The summed E-state index contributed by atoms with van der Waals surface area (Å²) in [7, 11) is 4.49. The van der Waals surface area contributed by atoms with Crippen LogP contribution in [0.3, 0.4) is 0 Å². The Morgan fingerprint density at radius 3 is 2.12 bits per heavy atom. The molecular weight excluding hydrogens is 198 g/mol. The van der Waals surface area contributed by atoms with Gasteiger partial charge in [-0.2, -0.15) is 0 Å². The molecule has 2 atom stereocenters. The highest BCUT2D eigenvalue weighted by molar-refractivity contribution is 5.19. The summed E-state index contributed by atoms with van der Waals surface area (Å²) >= 11 is 0. The third kappa shape index (κ3) is 1.57. The molecule has 0 bridgehead atoms. The highest BCUT2D eigenvalue weighted by atomic mass is 16.5. The lowest BCUT2D eigenvalue weighted by Crippen LogP contribution is -2.55. The molecule has 0 N–H and O–H groups in total. The fourth-order valence-electron chi connectivity index (χ4n) is 2.36. The summed E-state index contributed by atoms with van der Waals surface area (Å²) in [6.07, 6.45) is 0.200. The van der Waals surface area contributed by atoms with Crippen LogP contribution in [0.4, 0.5) is 0 Å². The molecule has 1 saturated heterocycles. The standard InChI is InChI=1S/C14H22NO/c1-11-13(12-9-7-6-8-10-12)16-14(2,3)15(11,4)5/h6-11,13H,1-5H3/q+1/t11-,13+/m0/s1. The molecule has 1 heterocycles. The fraction of sp³-hybridized carbons (Fsp3) is 0.571. The molecule has 1 aromatic carbocycles. The maximum atomic E-state index is 6.23. The zero-order chi connectivity index (χ0) is 12.0. The molecule has 0 saturated carbocycles. The van der Waals surface area contributed by atoms with Gasteiger partial charge in [-0.15, -0.1) is 0 Å². The largest absolute Gasteiger partial charge is 0.313 e. The first kappa shape index (κ1) is 11.6. The van der Waals surface area contributed by atoms with E-state index in [0.29, 0.717) is 6.04 Å². The van der Waals surface area contributed by atoms with Crippen molar-refractivity contribution in [1.29, 1.82) is 0 Å². The minimum atomic E-state index is -0.125. The smallest absolute Gasteiger partial charge is 0.198 e. The van der Waals surface area contributed by atoms with E-state index in [1.807, 2.05) is 6.07 Å². The first-order valence-electron chi connectivity index (χ1n) is 5.93. The summed E-state index contributed by atoms with van der Waals surface area (Å²) in [6, 6.07) is 11.0. The van der Waals surface area contributed by atoms with Crippen molar-refractivity contribution in [1.82, 2.24) is 0 Å². The molecule has 1 fully saturated rings. The van der Waals surface area contributed by atoms with E-state index >= 15 is 0 Å². The monoisotopic (exact) mass is 220 g/mol. The summed E-state index contributed by atoms with van der Waals surface area (Å²) in [4.78, 5) is 0. The highest BCUT2D eigenvalue weighted by Gasteiger charge is 2.54. The van der Waals surface area contributed by atoms with Crippen molar-refractivity contribution in [3.8, 4) is 0 Å². The van der Waals surface area contributed by atoms with Crippen molar-refractivity contribution < 1.29 is 9.22 Å². The second kappa shape index (κ2) is 3.57.